The first kappa shape index (κ1) is 20.5. The summed E-state index contributed by atoms with van der Waals surface area (Å²) in [6.45, 7) is 0.158. The lowest BCUT2D eigenvalue weighted by molar-refractivity contribution is -0.137. The summed E-state index contributed by atoms with van der Waals surface area (Å²) in [6.07, 6.45) is -0.955. The van der Waals surface area contributed by atoms with Crippen molar-refractivity contribution in [1.82, 2.24) is 5.32 Å². The lowest BCUT2D eigenvalue weighted by atomic mass is 9.98. The third-order valence-corrected chi connectivity index (χ3v) is 5.53. The van der Waals surface area contributed by atoms with Gasteiger partial charge in [-0.05, 0) is 28.3 Å². The second-order valence-corrected chi connectivity index (χ2v) is 7.36. The molecule has 31 heavy (non-hydrogen) atoms. The summed E-state index contributed by atoms with van der Waals surface area (Å²) in [5, 5.41) is 12.0. The van der Waals surface area contributed by atoms with Gasteiger partial charge >= 0.3 is 12.1 Å². The van der Waals surface area contributed by atoms with E-state index in [1.54, 1.807) is 24.3 Å². The lowest BCUT2D eigenvalue weighted by Crippen LogP contribution is -2.32. The van der Waals surface area contributed by atoms with Crippen molar-refractivity contribution < 1.29 is 24.2 Å². The molecule has 0 aliphatic heterocycles. The molecule has 0 bridgehead atoms. The van der Waals surface area contributed by atoms with Gasteiger partial charge in [-0.3, -0.25) is 4.79 Å². The minimum Gasteiger partial charge on any atom is -0.496 e. The number of ether oxygens (including phenoxy) is 2. The molecule has 0 fully saturated rings. The molecule has 1 aliphatic rings. The van der Waals surface area contributed by atoms with Crippen LogP contribution in [0.3, 0.4) is 0 Å². The van der Waals surface area contributed by atoms with E-state index in [1.165, 1.54) is 7.11 Å². The van der Waals surface area contributed by atoms with Gasteiger partial charge in [0.15, 0.2) is 0 Å². The van der Waals surface area contributed by atoms with E-state index in [-0.39, 0.29) is 18.9 Å². The molecule has 1 atom stereocenters. The summed E-state index contributed by atoms with van der Waals surface area (Å²) in [6, 6.07) is 22.4. The summed E-state index contributed by atoms with van der Waals surface area (Å²) in [7, 11) is 1.50. The van der Waals surface area contributed by atoms with Crippen molar-refractivity contribution in [2.45, 2.75) is 18.4 Å². The largest absolute Gasteiger partial charge is 0.496 e. The normalized spacial score (nSPS) is 13.1. The Hall–Kier alpha value is -3.80. The minimum absolute atomic E-state index is 0.0673. The summed E-state index contributed by atoms with van der Waals surface area (Å²) < 4.78 is 10.9. The van der Waals surface area contributed by atoms with E-state index in [0.29, 0.717) is 11.3 Å². The molecule has 0 radical (unpaired) electrons. The monoisotopic (exact) mass is 417 g/mol. The first-order chi connectivity index (χ1) is 15.1. The quantitative estimate of drug-likeness (QED) is 0.580. The predicted molar refractivity (Wildman–Crippen MR) is 116 cm³/mol. The number of fused-ring (bicyclic) bond motifs is 3. The van der Waals surface area contributed by atoms with Gasteiger partial charge in [-0.1, -0.05) is 66.7 Å². The molecule has 0 heterocycles. The Kier molecular flexibility index (Phi) is 5.89. The number of para-hydroxylation sites is 1. The van der Waals surface area contributed by atoms with Crippen molar-refractivity contribution in [3.63, 3.8) is 0 Å². The predicted octanol–water partition coefficient (Wildman–Crippen LogP) is 4.75. The van der Waals surface area contributed by atoms with Crippen molar-refractivity contribution in [3.05, 3.63) is 89.5 Å². The lowest BCUT2D eigenvalue weighted by Gasteiger charge is -2.20. The van der Waals surface area contributed by atoms with Crippen molar-refractivity contribution >= 4 is 12.1 Å². The Labute approximate surface area is 180 Å². The standard InChI is InChI=1S/C25H23NO5/c1-30-23-13-7-6-12-20(23)22(14-24(27)28)26-25(29)31-15-21-18-10-4-2-8-16(18)17-9-3-5-11-19(17)21/h2-13,21-22H,14-15H2,1H3,(H,26,29)(H,27,28)/t22-/m1/s1. The number of nitrogens with one attached hydrogen (secondary N) is 1. The average molecular weight is 417 g/mol. The number of hydrogen-bond donors (Lipinski definition) is 2. The first-order valence-corrected chi connectivity index (χ1v) is 10.0. The van der Waals surface area contributed by atoms with E-state index in [4.69, 9.17) is 9.47 Å². The molecule has 0 saturated carbocycles. The highest BCUT2D eigenvalue weighted by Gasteiger charge is 2.29. The van der Waals surface area contributed by atoms with Crippen LogP contribution in [0.25, 0.3) is 11.1 Å². The van der Waals surface area contributed by atoms with Crippen LogP contribution >= 0.6 is 0 Å². The van der Waals surface area contributed by atoms with Gasteiger partial charge in [0.25, 0.3) is 0 Å². The van der Waals surface area contributed by atoms with Crippen molar-refractivity contribution in [3.8, 4) is 16.9 Å². The topological polar surface area (TPSA) is 84.9 Å². The maximum Gasteiger partial charge on any atom is 0.407 e. The number of benzene rings is 3. The fourth-order valence-corrected chi connectivity index (χ4v) is 4.15. The molecular formula is C25H23NO5. The number of carbonyl (C=O) groups is 2. The molecule has 4 rings (SSSR count). The van der Waals surface area contributed by atoms with Gasteiger partial charge < -0.3 is 19.9 Å². The van der Waals surface area contributed by atoms with Gasteiger partial charge in [0, 0.05) is 11.5 Å². The van der Waals surface area contributed by atoms with Gasteiger partial charge in [-0.15, -0.1) is 0 Å². The van der Waals surface area contributed by atoms with Gasteiger partial charge in [-0.2, -0.15) is 0 Å². The zero-order chi connectivity index (χ0) is 21.8. The Morgan fingerprint density at radius 1 is 0.935 bits per heavy atom. The van der Waals surface area contributed by atoms with E-state index in [0.717, 1.165) is 22.3 Å². The van der Waals surface area contributed by atoms with Gasteiger partial charge in [0.2, 0.25) is 0 Å². The first-order valence-electron chi connectivity index (χ1n) is 10.0. The maximum atomic E-state index is 12.6. The van der Waals surface area contributed by atoms with Crippen LogP contribution in [0.15, 0.2) is 72.8 Å². The maximum absolute atomic E-state index is 12.6. The van der Waals surface area contributed by atoms with Crippen LogP contribution in [0.5, 0.6) is 5.75 Å². The van der Waals surface area contributed by atoms with E-state index in [1.807, 2.05) is 36.4 Å². The second-order valence-electron chi connectivity index (χ2n) is 7.36. The molecule has 0 saturated heterocycles. The number of carboxylic acids is 1. The summed E-state index contributed by atoms with van der Waals surface area (Å²) >= 11 is 0. The molecule has 6 heteroatoms. The van der Waals surface area contributed by atoms with Crippen LogP contribution in [0.1, 0.15) is 35.1 Å². The SMILES string of the molecule is COc1ccccc1[C@@H](CC(=O)O)NC(=O)OCC1c2ccccc2-c2ccccc21. The highest BCUT2D eigenvalue weighted by molar-refractivity contribution is 5.79. The van der Waals surface area contributed by atoms with Crippen molar-refractivity contribution in [2.75, 3.05) is 13.7 Å². The molecule has 1 amide bonds. The summed E-state index contributed by atoms with van der Waals surface area (Å²) in [5.74, 6) is -0.593. The van der Waals surface area contributed by atoms with Gasteiger partial charge in [-0.25, -0.2) is 4.79 Å². The smallest absolute Gasteiger partial charge is 0.407 e. The van der Waals surface area contributed by atoms with Crippen LogP contribution in [0.2, 0.25) is 0 Å². The zero-order valence-electron chi connectivity index (χ0n) is 17.1. The molecule has 3 aromatic carbocycles. The molecule has 2 N–H and O–H groups in total. The molecule has 158 valence electrons. The number of hydrogen-bond acceptors (Lipinski definition) is 4. The number of amides is 1. The number of alkyl carbamates (subject to hydrolysis) is 1. The number of carbonyl (C=O) groups excluding carboxylic acids is 1. The van der Waals surface area contributed by atoms with E-state index < -0.39 is 18.1 Å². The van der Waals surface area contributed by atoms with Crippen molar-refractivity contribution in [1.29, 1.82) is 0 Å². The Balaban J connectivity index is 1.50. The van der Waals surface area contributed by atoms with Crippen LogP contribution in [0, 0.1) is 0 Å². The van der Waals surface area contributed by atoms with Crippen LogP contribution < -0.4 is 10.1 Å². The van der Waals surface area contributed by atoms with Gasteiger partial charge in [0.05, 0.1) is 19.6 Å². The van der Waals surface area contributed by atoms with E-state index >= 15 is 0 Å². The summed E-state index contributed by atoms with van der Waals surface area (Å²) in [5.41, 5.74) is 5.10. The highest BCUT2D eigenvalue weighted by Crippen LogP contribution is 2.44. The van der Waals surface area contributed by atoms with Crippen LogP contribution in [-0.4, -0.2) is 30.9 Å². The van der Waals surface area contributed by atoms with E-state index in [2.05, 4.69) is 17.4 Å². The Morgan fingerprint density at radius 3 is 2.13 bits per heavy atom. The molecule has 0 unspecified atom stereocenters. The molecule has 3 aromatic rings. The van der Waals surface area contributed by atoms with Crippen molar-refractivity contribution in [2.24, 2.45) is 0 Å². The number of aliphatic carboxylic acids is 1. The fourth-order valence-electron chi connectivity index (χ4n) is 4.15. The minimum atomic E-state index is -1.03. The molecule has 0 aromatic heterocycles. The molecule has 0 spiro atoms. The number of methoxy groups -OCH3 is 1. The third kappa shape index (κ3) is 4.23. The Bertz CT molecular complexity index is 1060. The van der Waals surface area contributed by atoms with E-state index in [9.17, 15) is 14.7 Å². The zero-order valence-corrected chi connectivity index (χ0v) is 17.1. The molecule has 6 nitrogen and oxygen atoms in total. The molecular weight excluding hydrogens is 394 g/mol. The average Bonchev–Trinajstić information content (AvgIpc) is 3.11. The molecule has 1 aliphatic carbocycles. The third-order valence-electron chi connectivity index (χ3n) is 5.53. The van der Waals surface area contributed by atoms with Gasteiger partial charge in [0.1, 0.15) is 12.4 Å². The number of carboxylic acid groups (broad SMARTS) is 1. The Morgan fingerprint density at radius 2 is 1.52 bits per heavy atom. The summed E-state index contributed by atoms with van der Waals surface area (Å²) in [4.78, 5) is 24.0. The highest BCUT2D eigenvalue weighted by atomic mass is 16.5. The fraction of sp³-hybridized carbons (Fsp3) is 0.200. The second kappa shape index (κ2) is 8.92. The van der Waals surface area contributed by atoms with Crippen LogP contribution in [-0.2, 0) is 9.53 Å². The number of rotatable bonds is 7. The van der Waals surface area contributed by atoms with Crippen LogP contribution in [0.4, 0.5) is 4.79 Å².